The Kier molecular flexibility index (Phi) is 5.07. The smallest absolute Gasteiger partial charge is 0.142 e. The zero-order valence-corrected chi connectivity index (χ0v) is 14.9. The molecule has 0 saturated carbocycles. The predicted octanol–water partition coefficient (Wildman–Crippen LogP) is 3.98. The monoisotopic (exact) mass is 348 g/mol. The minimum absolute atomic E-state index is 0.605. The van der Waals surface area contributed by atoms with Crippen LogP contribution in [0, 0.1) is 19.3 Å². The molecule has 0 bridgehead atoms. The summed E-state index contributed by atoms with van der Waals surface area (Å²) in [6.07, 6.45) is 4.53. The molecule has 3 rings (SSSR count). The van der Waals surface area contributed by atoms with Crippen molar-refractivity contribution < 1.29 is 4.74 Å². The van der Waals surface area contributed by atoms with Crippen LogP contribution in [0.3, 0.4) is 0 Å². The Bertz CT molecular complexity index is 941. The summed E-state index contributed by atoms with van der Waals surface area (Å²) < 4.78 is 5.43. The van der Waals surface area contributed by atoms with Crippen LogP contribution in [0.1, 0.15) is 16.7 Å². The average molecular weight is 348 g/mol. The lowest BCUT2D eigenvalue weighted by atomic mass is 10.1. The molecule has 3 N–H and O–H groups in total. The minimum Gasteiger partial charge on any atom is -0.495 e. The number of pyridine rings is 1. The van der Waals surface area contributed by atoms with E-state index < -0.39 is 0 Å². The van der Waals surface area contributed by atoms with Crippen LogP contribution in [0.5, 0.6) is 5.75 Å². The molecule has 0 aliphatic carbocycles. The fraction of sp³-hybridized carbons (Fsp3) is 0.158. The standard InChI is InChI=1S/C19H20N6O/c1-12-4-5-21-17(6-12)25-19-9-18(22-11-23-19)24-15-8-14(10-20)13(2)7-16(15)26-3/h4-11,20H,1-3H3,(H2,21,22,23,24,25). The number of methoxy groups -OCH3 is 1. The first-order chi connectivity index (χ1) is 12.6. The van der Waals surface area contributed by atoms with E-state index in [0.29, 0.717) is 23.2 Å². The third kappa shape index (κ3) is 3.94. The Morgan fingerprint density at radius 2 is 1.69 bits per heavy atom. The van der Waals surface area contributed by atoms with Crippen molar-refractivity contribution in [1.29, 1.82) is 5.41 Å². The quantitative estimate of drug-likeness (QED) is 0.583. The van der Waals surface area contributed by atoms with Gasteiger partial charge in [-0.05, 0) is 54.8 Å². The maximum atomic E-state index is 7.53. The molecule has 132 valence electrons. The van der Waals surface area contributed by atoms with Crippen LogP contribution in [-0.4, -0.2) is 28.3 Å². The SMILES string of the molecule is COc1cc(C)c(C=N)cc1Nc1cc(Nc2cc(C)ccn2)ncn1. The number of aryl methyl sites for hydroxylation is 2. The van der Waals surface area contributed by atoms with E-state index in [9.17, 15) is 0 Å². The lowest BCUT2D eigenvalue weighted by molar-refractivity contribution is 0.416. The van der Waals surface area contributed by atoms with E-state index in [1.807, 2.05) is 38.1 Å². The van der Waals surface area contributed by atoms with Crippen LogP contribution >= 0.6 is 0 Å². The molecule has 7 nitrogen and oxygen atoms in total. The van der Waals surface area contributed by atoms with Gasteiger partial charge in [-0.1, -0.05) is 0 Å². The first-order valence-corrected chi connectivity index (χ1v) is 8.07. The average Bonchev–Trinajstić information content (AvgIpc) is 2.63. The van der Waals surface area contributed by atoms with Crippen molar-refractivity contribution in [2.45, 2.75) is 13.8 Å². The molecule has 0 spiro atoms. The van der Waals surface area contributed by atoms with Gasteiger partial charge >= 0.3 is 0 Å². The number of nitrogens with zero attached hydrogens (tertiary/aromatic N) is 3. The molecule has 3 aromatic rings. The van der Waals surface area contributed by atoms with Gasteiger partial charge in [-0.2, -0.15) is 0 Å². The highest BCUT2D eigenvalue weighted by Gasteiger charge is 2.09. The zero-order valence-electron chi connectivity index (χ0n) is 14.9. The lowest BCUT2D eigenvalue weighted by Gasteiger charge is -2.14. The first-order valence-electron chi connectivity index (χ1n) is 8.07. The largest absolute Gasteiger partial charge is 0.495 e. The van der Waals surface area contributed by atoms with Crippen LogP contribution in [0.15, 0.2) is 42.9 Å². The number of hydrogen-bond acceptors (Lipinski definition) is 7. The van der Waals surface area contributed by atoms with E-state index in [1.165, 1.54) is 12.5 Å². The number of nitrogens with one attached hydrogen (secondary N) is 3. The summed E-state index contributed by atoms with van der Waals surface area (Å²) in [5.74, 6) is 2.63. The normalized spacial score (nSPS) is 10.3. The Morgan fingerprint density at radius 1 is 0.962 bits per heavy atom. The van der Waals surface area contributed by atoms with Crippen LogP contribution in [0.25, 0.3) is 0 Å². The summed E-state index contributed by atoms with van der Waals surface area (Å²) in [4.78, 5) is 12.8. The molecular weight excluding hydrogens is 328 g/mol. The van der Waals surface area contributed by atoms with Crippen molar-refractivity contribution in [3.05, 3.63) is 59.5 Å². The van der Waals surface area contributed by atoms with Crippen molar-refractivity contribution >= 4 is 29.4 Å². The summed E-state index contributed by atoms with van der Waals surface area (Å²) in [7, 11) is 1.61. The van der Waals surface area contributed by atoms with Crippen LogP contribution in [0.4, 0.5) is 23.1 Å². The van der Waals surface area contributed by atoms with Crippen molar-refractivity contribution in [3.8, 4) is 5.75 Å². The van der Waals surface area contributed by atoms with E-state index in [2.05, 4.69) is 25.6 Å². The topological polar surface area (TPSA) is 95.8 Å². The molecule has 2 heterocycles. The van der Waals surface area contributed by atoms with Gasteiger partial charge in [-0.15, -0.1) is 0 Å². The third-order valence-electron chi connectivity index (χ3n) is 3.85. The Morgan fingerprint density at radius 3 is 2.38 bits per heavy atom. The van der Waals surface area contributed by atoms with Crippen molar-refractivity contribution in [1.82, 2.24) is 15.0 Å². The molecule has 7 heteroatoms. The summed E-state index contributed by atoms with van der Waals surface area (Å²) in [6, 6.07) is 9.41. The van der Waals surface area contributed by atoms with Crippen molar-refractivity contribution in [2.24, 2.45) is 0 Å². The molecular formula is C19H20N6O. The van der Waals surface area contributed by atoms with Gasteiger partial charge in [0, 0.05) is 18.5 Å². The molecule has 0 aliphatic rings. The van der Waals surface area contributed by atoms with E-state index in [4.69, 9.17) is 10.1 Å². The van der Waals surface area contributed by atoms with Gasteiger partial charge < -0.3 is 20.8 Å². The minimum atomic E-state index is 0.605. The molecule has 2 aromatic heterocycles. The van der Waals surface area contributed by atoms with Gasteiger partial charge in [0.1, 0.15) is 29.5 Å². The maximum Gasteiger partial charge on any atom is 0.142 e. The van der Waals surface area contributed by atoms with Gasteiger partial charge in [0.15, 0.2) is 0 Å². The molecule has 0 amide bonds. The van der Waals surface area contributed by atoms with Crippen LogP contribution < -0.4 is 15.4 Å². The number of anilines is 4. The summed E-state index contributed by atoms with van der Waals surface area (Å²) in [5.41, 5.74) is 3.62. The molecule has 26 heavy (non-hydrogen) atoms. The highest BCUT2D eigenvalue weighted by Crippen LogP contribution is 2.30. The second-order valence-electron chi connectivity index (χ2n) is 5.81. The number of hydrogen-bond donors (Lipinski definition) is 3. The molecule has 0 unspecified atom stereocenters. The number of aromatic nitrogens is 3. The summed E-state index contributed by atoms with van der Waals surface area (Å²) in [6.45, 7) is 3.94. The highest BCUT2D eigenvalue weighted by molar-refractivity contribution is 5.83. The number of rotatable bonds is 6. The van der Waals surface area contributed by atoms with E-state index >= 15 is 0 Å². The van der Waals surface area contributed by atoms with Gasteiger partial charge in [-0.3, -0.25) is 0 Å². The van der Waals surface area contributed by atoms with Gasteiger partial charge in [0.2, 0.25) is 0 Å². The molecule has 0 radical (unpaired) electrons. The van der Waals surface area contributed by atoms with Crippen molar-refractivity contribution in [3.63, 3.8) is 0 Å². The summed E-state index contributed by atoms with van der Waals surface area (Å²) >= 11 is 0. The fourth-order valence-corrected chi connectivity index (χ4v) is 2.49. The number of benzene rings is 1. The molecule has 0 aliphatic heterocycles. The predicted molar refractivity (Wildman–Crippen MR) is 103 cm³/mol. The van der Waals surface area contributed by atoms with Gasteiger partial charge in [-0.25, -0.2) is 15.0 Å². The second-order valence-corrected chi connectivity index (χ2v) is 5.81. The Balaban J connectivity index is 1.86. The summed E-state index contributed by atoms with van der Waals surface area (Å²) in [5, 5.41) is 13.9. The van der Waals surface area contributed by atoms with Gasteiger partial charge in [0.05, 0.1) is 12.8 Å². The van der Waals surface area contributed by atoms with Gasteiger partial charge in [0.25, 0.3) is 0 Å². The van der Waals surface area contributed by atoms with E-state index in [1.54, 1.807) is 19.4 Å². The lowest BCUT2D eigenvalue weighted by Crippen LogP contribution is -2.02. The highest BCUT2D eigenvalue weighted by atomic mass is 16.5. The zero-order chi connectivity index (χ0) is 18.5. The fourth-order valence-electron chi connectivity index (χ4n) is 2.49. The maximum absolute atomic E-state index is 7.53. The second kappa shape index (κ2) is 7.60. The Labute approximate surface area is 152 Å². The van der Waals surface area contributed by atoms with Crippen LogP contribution in [0.2, 0.25) is 0 Å². The number of ether oxygens (including phenoxy) is 1. The first kappa shape index (κ1) is 17.3. The molecule has 0 saturated heterocycles. The molecule has 0 fully saturated rings. The molecule has 0 atom stereocenters. The van der Waals surface area contributed by atoms with E-state index in [-0.39, 0.29) is 0 Å². The Hall–Kier alpha value is -3.48. The van der Waals surface area contributed by atoms with Crippen LogP contribution in [-0.2, 0) is 0 Å². The molecule has 1 aromatic carbocycles. The van der Waals surface area contributed by atoms with E-state index in [0.717, 1.165) is 22.4 Å². The third-order valence-corrected chi connectivity index (χ3v) is 3.85. The van der Waals surface area contributed by atoms with Crippen molar-refractivity contribution in [2.75, 3.05) is 17.7 Å².